The topological polar surface area (TPSA) is 72.9 Å². The lowest BCUT2D eigenvalue weighted by molar-refractivity contribution is 0.0603. The summed E-state index contributed by atoms with van der Waals surface area (Å²) in [6.07, 6.45) is -0.886. The Morgan fingerprint density at radius 2 is 1.44 bits per heavy atom. The summed E-state index contributed by atoms with van der Waals surface area (Å²) in [5, 5.41) is 1.61. The second-order valence-electron chi connectivity index (χ2n) is 8.23. The fraction of sp³-hybridized carbons (Fsp3) is 0.138. The van der Waals surface area contributed by atoms with Crippen molar-refractivity contribution in [2.45, 2.75) is 20.5 Å². The largest absolute Gasteiger partial charge is 0.465 e. The van der Waals surface area contributed by atoms with Crippen molar-refractivity contribution in [1.82, 2.24) is 0 Å². The number of benzene rings is 3. The quantitative estimate of drug-likeness (QED) is 0.273. The van der Waals surface area contributed by atoms with Crippen molar-refractivity contribution in [3.63, 3.8) is 0 Å². The van der Waals surface area contributed by atoms with E-state index in [-0.39, 0.29) is 23.4 Å². The molecule has 3 aromatic carbocycles. The number of amides is 2. The molecular formula is C29H25NO5S. The second kappa shape index (κ2) is 11.0. The van der Waals surface area contributed by atoms with Gasteiger partial charge in [-0.15, -0.1) is 11.3 Å². The molecule has 7 heteroatoms. The lowest BCUT2D eigenvalue weighted by atomic mass is 10.1. The van der Waals surface area contributed by atoms with Crippen LogP contribution in [0.3, 0.4) is 0 Å². The van der Waals surface area contributed by atoms with Crippen molar-refractivity contribution in [3.8, 4) is 10.4 Å². The average Bonchev–Trinajstić information content (AvgIpc) is 3.33. The van der Waals surface area contributed by atoms with Crippen molar-refractivity contribution in [1.29, 1.82) is 0 Å². The molecule has 0 atom stereocenters. The molecule has 0 aliphatic rings. The van der Waals surface area contributed by atoms with Gasteiger partial charge in [-0.05, 0) is 37.1 Å². The highest BCUT2D eigenvalue weighted by molar-refractivity contribution is 7.14. The Labute approximate surface area is 213 Å². The molecule has 0 saturated carbocycles. The molecule has 0 fully saturated rings. The lowest BCUT2D eigenvalue weighted by Gasteiger charge is -2.21. The van der Waals surface area contributed by atoms with E-state index in [1.165, 1.54) is 18.4 Å². The molecule has 6 nitrogen and oxygen atoms in total. The van der Waals surface area contributed by atoms with Crippen LogP contribution in [0.25, 0.3) is 10.4 Å². The maximum absolute atomic E-state index is 13.6. The van der Waals surface area contributed by atoms with Crippen molar-refractivity contribution < 1.29 is 23.9 Å². The summed E-state index contributed by atoms with van der Waals surface area (Å²) >= 11 is 1.25. The zero-order valence-electron chi connectivity index (χ0n) is 20.2. The Morgan fingerprint density at radius 1 is 0.833 bits per heavy atom. The van der Waals surface area contributed by atoms with E-state index in [9.17, 15) is 14.4 Å². The maximum atomic E-state index is 13.6. The fourth-order valence-electron chi connectivity index (χ4n) is 3.63. The predicted molar refractivity (Wildman–Crippen MR) is 140 cm³/mol. The molecule has 4 rings (SSSR count). The minimum Gasteiger partial charge on any atom is -0.465 e. The van der Waals surface area contributed by atoms with Crippen molar-refractivity contribution in [2.24, 2.45) is 0 Å². The summed E-state index contributed by atoms with van der Waals surface area (Å²) in [5.74, 6) is -1.26. The summed E-state index contributed by atoms with van der Waals surface area (Å²) in [7, 11) is 1.27. The summed E-state index contributed by atoms with van der Waals surface area (Å²) in [6.45, 7) is 3.84. The van der Waals surface area contributed by atoms with Crippen LogP contribution < -0.4 is 4.90 Å². The van der Waals surface area contributed by atoms with Gasteiger partial charge in [-0.3, -0.25) is 4.79 Å². The summed E-state index contributed by atoms with van der Waals surface area (Å²) in [4.78, 5) is 41.5. The summed E-state index contributed by atoms with van der Waals surface area (Å²) in [6, 6.07) is 23.6. The number of imide groups is 1. The number of thiophene rings is 1. The van der Waals surface area contributed by atoms with Crippen molar-refractivity contribution in [2.75, 3.05) is 12.0 Å². The van der Waals surface area contributed by atoms with Crippen LogP contribution in [0.2, 0.25) is 0 Å². The van der Waals surface area contributed by atoms with E-state index >= 15 is 0 Å². The number of carbonyl (C=O) groups is 3. The van der Waals surface area contributed by atoms with Crippen LogP contribution in [0, 0.1) is 13.8 Å². The Bertz CT molecular complexity index is 1380. The Kier molecular flexibility index (Phi) is 7.61. The lowest BCUT2D eigenvalue weighted by Crippen LogP contribution is -2.38. The molecule has 1 heterocycles. The van der Waals surface area contributed by atoms with Gasteiger partial charge in [0, 0.05) is 10.9 Å². The molecular weight excluding hydrogens is 474 g/mol. The van der Waals surface area contributed by atoms with Gasteiger partial charge in [0.25, 0.3) is 5.91 Å². The molecule has 0 N–H and O–H groups in total. The summed E-state index contributed by atoms with van der Waals surface area (Å²) in [5.41, 5.74) is 4.11. The molecule has 2 amide bonds. The van der Waals surface area contributed by atoms with Gasteiger partial charge in [-0.1, -0.05) is 77.9 Å². The van der Waals surface area contributed by atoms with E-state index in [0.29, 0.717) is 4.88 Å². The third-order valence-electron chi connectivity index (χ3n) is 5.61. The standard InChI is InChI=1S/C29H25NO5S/c1-19-9-13-22(14-10-19)26-25(28(32)34-3)24(18-36-26)30(27(31)23-15-11-20(2)12-16-23)29(33)35-17-21-7-5-4-6-8-21/h4-16,18H,17H2,1-3H3. The highest BCUT2D eigenvalue weighted by Crippen LogP contribution is 2.39. The smallest absolute Gasteiger partial charge is 0.421 e. The van der Waals surface area contributed by atoms with E-state index in [2.05, 4.69) is 0 Å². The van der Waals surface area contributed by atoms with Crippen LogP contribution in [0.15, 0.2) is 84.2 Å². The highest BCUT2D eigenvalue weighted by Gasteiger charge is 2.33. The number of rotatable bonds is 6. The molecule has 0 aliphatic heterocycles. The molecule has 4 aromatic rings. The van der Waals surface area contributed by atoms with Gasteiger partial charge >= 0.3 is 12.1 Å². The predicted octanol–water partition coefficient (Wildman–Crippen LogP) is 6.80. The zero-order valence-corrected chi connectivity index (χ0v) is 21.0. The molecule has 0 radical (unpaired) electrons. The Hall–Kier alpha value is -4.23. The molecule has 36 heavy (non-hydrogen) atoms. The Balaban J connectivity index is 1.79. The summed E-state index contributed by atoms with van der Waals surface area (Å²) < 4.78 is 10.6. The molecule has 0 saturated heterocycles. The van der Waals surface area contributed by atoms with Gasteiger partial charge in [0.2, 0.25) is 0 Å². The van der Waals surface area contributed by atoms with Gasteiger partial charge in [0.1, 0.15) is 12.2 Å². The second-order valence-corrected chi connectivity index (χ2v) is 9.11. The number of ether oxygens (including phenoxy) is 2. The van der Waals surface area contributed by atoms with E-state index in [1.54, 1.807) is 29.6 Å². The van der Waals surface area contributed by atoms with Crippen LogP contribution in [0.1, 0.15) is 37.4 Å². The molecule has 0 unspecified atom stereocenters. The first-order valence-corrected chi connectivity index (χ1v) is 12.2. The van der Waals surface area contributed by atoms with E-state index < -0.39 is 18.0 Å². The molecule has 1 aromatic heterocycles. The van der Waals surface area contributed by atoms with E-state index in [4.69, 9.17) is 9.47 Å². The number of hydrogen-bond donors (Lipinski definition) is 0. The molecule has 0 bridgehead atoms. The van der Waals surface area contributed by atoms with Crippen LogP contribution >= 0.6 is 11.3 Å². The monoisotopic (exact) mass is 499 g/mol. The van der Waals surface area contributed by atoms with Crippen molar-refractivity contribution in [3.05, 3.63) is 112 Å². The minimum absolute atomic E-state index is 0.0279. The first-order chi connectivity index (χ1) is 17.4. The molecule has 0 spiro atoms. The SMILES string of the molecule is COC(=O)c1c(N(C(=O)OCc2ccccc2)C(=O)c2ccc(C)cc2)csc1-c1ccc(C)cc1. The Morgan fingerprint density at radius 3 is 2.06 bits per heavy atom. The van der Waals surface area contributed by atoms with E-state index in [1.807, 2.05) is 68.4 Å². The van der Waals surface area contributed by atoms with Crippen LogP contribution in [0.4, 0.5) is 10.5 Å². The molecule has 0 aliphatic carbocycles. The van der Waals surface area contributed by atoms with Crippen LogP contribution in [-0.2, 0) is 16.1 Å². The van der Waals surface area contributed by atoms with Gasteiger partial charge < -0.3 is 9.47 Å². The van der Waals surface area contributed by atoms with Gasteiger partial charge in [0.15, 0.2) is 0 Å². The van der Waals surface area contributed by atoms with E-state index in [0.717, 1.165) is 27.2 Å². The van der Waals surface area contributed by atoms with Crippen LogP contribution in [0.5, 0.6) is 0 Å². The zero-order chi connectivity index (χ0) is 25.7. The number of nitrogens with zero attached hydrogens (tertiary/aromatic N) is 1. The number of aryl methyl sites for hydroxylation is 2. The number of esters is 1. The number of carbonyl (C=O) groups excluding carboxylic acids is 3. The normalized spacial score (nSPS) is 10.5. The van der Waals surface area contributed by atoms with Crippen molar-refractivity contribution >= 4 is 35.0 Å². The van der Waals surface area contributed by atoms with Gasteiger partial charge in [-0.2, -0.15) is 0 Å². The average molecular weight is 500 g/mol. The number of anilines is 1. The number of methoxy groups -OCH3 is 1. The number of hydrogen-bond acceptors (Lipinski definition) is 6. The highest BCUT2D eigenvalue weighted by atomic mass is 32.1. The third kappa shape index (κ3) is 5.37. The minimum atomic E-state index is -0.886. The first-order valence-electron chi connectivity index (χ1n) is 11.3. The molecule has 182 valence electrons. The van der Waals surface area contributed by atoms with Crippen LogP contribution in [-0.4, -0.2) is 25.1 Å². The fourth-order valence-corrected chi connectivity index (χ4v) is 4.66. The van der Waals surface area contributed by atoms with Gasteiger partial charge in [-0.25, -0.2) is 14.5 Å². The maximum Gasteiger partial charge on any atom is 0.421 e. The van der Waals surface area contributed by atoms with Gasteiger partial charge in [0.05, 0.1) is 17.7 Å². The first kappa shape index (κ1) is 24.9. The third-order valence-corrected chi connectivity index (χ3v) is 6.62.